The standard InChI is InChI=1S/C19H13N3O5S/c20-9-10-27-16-8-4-2-5-13(16)11-17-18(23)21(19(24)28-17)12-14-6-1-3-7-15(14)22(25)26/h1-8,11H,10,12H2/b17-11-. The maximum Gasteiger partial charge on any atom is 0.293 e. The zero-order valence-electron chi connectivity index (χ0n) is 14.4. The lowest BCUT2D eigenvalue weighted by Crippen LogP contribution is -2.27. The SMILES string of the molecule is N#CCOc1ccccc1/C=C1\SC(=O)N(Cc2ccccc2[N+](=O)[O-])C1=O. The Hall–Kier alpha value is -3.64. The minimum atomic E-state index is -0.549. The normalized spacial score (nSPS) is 15.0. The van der Waals surface area contributed by atoms with E-state index in [1.807, 2.05) is 6.07 Å². The van der Waals surface area contributed by atoms with Crippen LogP contribution < -0.4 is 4.74 Å². The number of benzene rings is 2. The number of hydrogen-bond donors (Lipinski definition) is 0. The first-order valence-electron chi connectivity index (χ1n) is 8.07. The van der Waals surface area contributed by atoms with Gasteiger partial charge in [-0.25, -0.2) is 0 Å². The number of nitriles is 1. The molecule has 0 aliphatic carbocycles. The van der Waals surface area contributed by atoms with Gasteiger partial charge in [0.25, 0.3) is 16.8 Å². The zero-order valence-corrected chi connectivity index (χ0v) is 15.2. The summed E-state index contributed by atoms with van der Waals surface area (Å²) in [6.07, 6.45) is 1.51. The van der Waals surface area contributed by atoms with E-state index in [1.54, 1.807) is 30.3 Å². The molecule has 1 aliphatic rings. The van der Waals surface area contributed by atoms with Crippen molar-refractivity contribution in [2.24, 2.45) is 0 Å². The molecule has 2 aromatic rings. The van der Waals surface area contributed by atoms with Crippen molar-refractivity contribution >= 4 is 34.7 Å². The molecule has 0 bridgehead atoms. The van der Waals surface area contributed by atoms with Gasteiger partial charge in [0.1, 0.15) is 11.8 Å². The second-order valence-electron chi connectivity index (χ2n) is 5.64. The van der Waals surface area contributed by atoms with E-state index < -0.39 is 16.1 Å². The summed E-state index contributed by atoms with van der Waals surface area (Å²) in [6.45, 7) is -0.338. The summed E-state index contributed by atoms with van der Waals surface area (Å²) in [5, 5.41) is 19.3. The fourth-order valence-corrected chi connectivity index (χ4v) is 3.44. The molecule has 9 heteroatoms. The molecule has 1 saturated heterocycles. The lowest BCUT2D eigenvalue weighted by atomic mass is 10.1. The summed E-state index contributed by atoms with van der Waals surface area (Å²) in [4.78, 5) is 36.7. The second kappa shape index (κ2) is 8.37. The smallest absolute Gasteiger partial charge is 0.293 e. The molecule has 8 nitrogen and oxygen atoms in total. The Bertz CT molecular complexity index is 1030. The Balaban J connectivity index is 1.86. The van der Waals surface area contributed by atoms with Crippen molar-refractivity contribution in [1.82, 2.24) is 4.90 Å². The zero-order chi connectivity index (χ0) is 20.1. The van der Waals surface area contributed by atoms with E-state index in [4.69, 9.17) is 10.00 Å². The molecule has 0 saturated carbocycles. The van der Waals surface area contributed by atoms with Crippen LogP contribution in [-0.2, 0) is 11.3 Å². The van der Waals surface area contributed by atoms with Gasteiger partial charge >= 0.3 is 0 Å². The van der Waals surface area contributed by atoms with E-state index in [1.165, 1.54) is 24.3 Å². The topological polar surface area (TPSA) is 114 Å². The maximum atomic E-state index is 12.7. The van der Waals surface area contributed by atoms with Crippen molar-refractivity contribution in [3.63, 3.8) is 0 Å². The van der Waals surface area contributed by atoms with Crippen molar-refractivity contribution in [1.29, 1.82) is 5.26 Å². The van der Waals surface area contributed by atoms with E-state index >= 15 is 0 Å². The molecular weight excluding hydrogens is 382 g/mol. The average molecular weight is 395 g/mol. The Morgan fingerprint density at radius 3 is 2.64 bits per heavy atom. The Labute approximate surface area is 164 Å². The van der Waals surface area contributed by atoms with E-state index in [0.29, 0.717) is 11.3 Å². The van der Waals surface area contributed by atoms with Crippen LogP contribution in [0.4, 0.5) is 10.5 Å². The second-order valence-corrected chi connectivity index (χ2v) is 6.63. The van der Waals surface area contributed by atoms with Gasteiger partial charge in [-0.05, 0) is 23.9 Å². The maximum absolute atomic E-state index is 12.7. The number of carbonyl (C=O) groups is 2. The summed E-state index contributed by atoms with van der Waals surface area (Å²) >= 11 is 0.751. The van der Waals surface area contributed by atoms with Crippen LogP contribution in [0.1, 0.15) is 11.1 Å². The number of hydrogen-bond acceptors (Lipinski definition) is 7. The Morgan fingerprint density at radius 2 is 1.89 bits per heavy atom. The molecule has 0 atom stereocenters. The fourth-order valence-electron chi connectivity index (χ4n) is 2.61. The van der Waals surface area contributed by atoms with Gasteiger partial charge in [-0.1, -0.05) is 36.4 Å². The lowest BCUT2D eigenvalue weighted by Gasteiger charge is -2.12. The quantitative estimate of drug-likeness (QED) is 0.416. The molecule has 2 amide bonds. The first-order chi connectivity index (χ1) is 13.5. The third-order valence-electron chi connectivity index (χ3n) is 3.89. The fraction of sp³-hybridized carbons (Fsp3) is 0.105. The third kappa shape index (κ3) is 4.02. The van der Waals surface area contributed by atoms with Crippen molar-refractivity contribution < 1.29 is 19.2 Å². The minimum Gasteiger partial charge on any atom is -0.478 e. The molecule has 0 N–H and O–H groups in total. The molecule has 0 aromatic heterocycles. The number of amides is 2. The molecule has 1 fully saturated rings. The van der Waals surface area contributed by atoms with Gasteiger partial charge in [0.2, 0.25) is 0 Å². The molecular formula is C19H13N3O5S. The van der Waals surface area contributed by atoms with E-state index in [-0.39, 0.29) is 29.3 Å². The van der Waals surface area contributed by atoms with Gasteiger partial charge in [-0.15, -0.1) is 0 Å². The number of ether oxygens (including phenoxy) is 1. The molecule has 0 unspecified atom stereocenters. The molecule has 1 heterocycles. The van der Waals surface area contributed by atoms with Crippen LogP contribution in [0.15, 0.2) is 53.4 Å². The average Bonchev–Trinajstić information content (AvgIpc) is 2.95. The number of carbonyl (C=O) groups excluding carboxylic acids is 2. The van der Waals surface area contributed by atoms with Gasteiger partial charge in [-0.2, -0.15) is 5.26 Å². The third-order valence-corrected chi connectivity index (χ3v) is 4.80. The number of imide groups is 1. The first kappa shape index (κ1) is 19.1. The summed E-state index contributed by atoms with van der Waals surface area (Å²) in [6, 6.07) is 14.7. The highest BCUT2D eigenvalue weighted by atomic mass is 32.2. The van der Waals surface area contributed by atoms with Crippen molar-refractivity contribution in [2.75, 3.05) is 6.61 Å². The summed E-state index contributed by atoms with van der Waals surface area (Å²) < 4.78 is 5.32. The number of rotatable bonds is 6. The largest absolute Gasteiger partial charge is 0.478 e. The van der Waals surface area contributed by atoms with Gasteiger partial charge in [0, 0.05) is 17.2 Å². The van der Waals surface area contributed by atoms with Gasteiger partial charge in [-0.3, -0.25) is 24.6 Å². The lowest BCUT2D eigenvalue weighted by molar-refractivity contribution is -0.385. The Morgan fingerprint density at radius 1 is 1.18 bits per heavy atom. The molecule has 28 heavy (non-hydrogen) atoms. The number of nitro groups is 1. The molecule has 0 radical (unpaired) electrons. The minimum absolute atomic E-state index is 0.149. The monoisotopic (exact) mass is 395 g/mol. The van der Waals surface area contributed by atoms with Crippen LogP contribution in [0.2, 0.25) is 0 Å². The summed E-state index contributed by atoms with van der Waals surface area (Å²) in [5.41, 5.74) is 0.670. The number of nitro benzene ring substituents is 1. The molecule has 3 rings (SSSR count). The molecule has 2 aromatic carbocycles. The molecule has 1 aliphatic heterocycles. The van der Waals surface area contributed by atoms with Gasteiger partial charge in [0.05, 0.1) is 16.4 Å². The van der Waals surface area contributed by atoms with E-state index in [2.05, 4.69) is 0 Å². The molecule has 0 spiro atoms. The highest BCUT2D eigenvalue weighted by Gasteiger charge is 2.36. The predicted molar refractivity (Wildman–Crippen MR) is 102 cm³/mol. The number of nitrogens with zero attached hydrogens (tertiary/aromatic N) is 3. The highest BCUT2D eigenvalue weighted by Crippen LogP contribution is 2.35. The summed E-state index contributed by atoms with van der Waals surface area (Å²) in [7, 11) is 0. The van der Waals surface area contributed by atoms with Crippen LogP contribution in [0.5, 0.6) is 5.75 Å². The predicted octanol–water partition coefficient (Wildman–Crippen LogP) is 3.73. The van der Waals surface area contributed by atoms with Crippen LogP contribution in [0, 0.1) is 21.4 Å². The first-order valence-corrected chi connectivity index (χ1v) is 8.89. The van der Waals surface area contributed by atoms with Gasteiger partial charge < -0.3 is 4.74 Å². The van der Waals surface area contributed by atoms with E-state index in [0.717, 1.165) is 16.7 Å². The summed E-state index contributed by atoms with van der Waals surface area (Å²) in [5.74, 6) is -0.127. The van der Waals surface area contributed by atoms with E-state index in [9.17, 15) is 19.7 Å². The Kier molecular flexibility index (Phi) is 5.72. The van der Waals surface area contributed by atoms with Crippen molar-refractivity contribution in [2.45, 2.75) is 6.54 Å². The highest BCUT2D eigenvalue weighted by molar-refractivity contribution is 8.18. The van der Waals surface area contributed by atoms with Crippen LogP contribution in [0.3, 0.4) is 0 Å². The molecule has 140 valence electrons. The van der Waals surface area contributed by atoms with Crippen molar-refractivity contribution in [3.05, 3.63) is 74.7 Å². The number of para-hydroxylation sites is 2. The van der Waals surface area contributed by atoms with Crippen LogP contribution in [0.25, 0.3) is 6.08 Å². The van der Waals surface area contributed by atoms with Crippen LogP contribution >= 0.6 is 11.8 Å². The van der Waals surface area contributed by atoms with Gasteiger partial charge in [0.15, 0.2) is 6.61 Å². The van der Waals surface area contributed by atoms with Crippen molar-refractivity contribution in [3.8, 4) is 11.8 Å². The number of thioether (sulfide) groups is 1. The van der Waals surface area contributed by atoms with Crippen LogP contribution in [-0.4, -0.2) is 27.6 Å².